The van der Waals surface area contributed by atoms with Gasteiger partial charge in [-0.1, -0.05) is 6.07 Å². The second-order valence-electron chi connectivity index (χ2n) is 4.80. The van der Waals surface area contributed by atoms with E-state index in [-0.39, 0.29) is 17.8 Å². The largest absolute Gasteiger partial charge is 0.493 e. The van der Waals surface area contributed by atoms with Crippen LogP contribution in [-0.2, 0) is 6.54 Å². The molecule has 2 aromatic rings. The molecule has 24 heavy (non-hydrogen) atoms. The standard InChI is InChI=1S/C16H15BrN2O5/c1-23-14-6-3-10(7-15(14)24-2)9-18-16(20)11-4-5-12(17)13(8-11)19(21)22/h3-8H,9H2,1-2H3,(H,18,20). The van der Waals surface area contributed by atoms with Gasteiger partial charge >= 0.3 is 0 Å². The number of methoxy groups -OCH3 is 2. The summed E-state index contributed by atoms with van der Waals surface area (Å²) in [7, 11) is 3.07. The molecule has 0 spiro atoms. The summed E-state index contributed by atoms with van der Waals surface area (Å²) < 4.78 is 10.7. The third-order valence-corrected chi connectivity index (χ3v) is 3.98. The number of ether oxygens (including phenoxy) is 2. The van der Waals surface area contributed by atoms with Gasteiger partial charge < -0.3 is 14.8 Å². The Hall–Kier alpha value is -2.61. The van der Waals surface area contributed by atoms with Crippen LogP contribution in [0.3, 0.4) is 0 Å². The van der Waals surface area contributed by atoms with Gasteiger partial charge in [-0.2, -0.15) is 0 Å². The van der Waals surface area contributed by atoms with Gasteiger partial charge in [0.05, 0.1) is 23.6 Å². The molecule has 2 aromatic carbocycles. The van der Waals surface area contributed by atoms with Crippen molar-refractivity contribution in [2.75, 3.05) is 14.2 Å². The first-order valence-corrected chi connectivity index (χ1v) is 7.68. The minimum absolute atomic E-state index is 0.159. The molecule has 0 saturated heterocycles. The van der Waals surface area contributed by atoms with Gasteiger partial charge in [0, 0.05) is 18.2 Å². The molecule has 1 amide bonds. The Kier molecular flexibility index (Phi) is 5.75. The van der Waals surface area contributed by atoms with Crippen molar-refractivity contribution in [2.45, 2.75) is 6.54 Å². The average molecular weight is 395 g/mol. The van der Waals surface area contributed by atoms with Crippen LogP contribution in [0.4, 0.5) is 5.69 Å². The van der Waals surface area contributed by atoms with E-state index >= 15 is 0 Å². The molecule has 0 saturated carbocycles. The molecule has 0 radical (unpaired) electrons. The third kappa shape index (κ3) is 4.02. The quantitative estimate of drug-likeness (QED) is 0.599. The van der Waals surface area contributed by atoms with Crippen molar-refractivity contribution in [3.05, 3.63) is 62.1 Å². The van der Waals surface area contributed by atoms with E-state index in [4.69, 9.17) is 9.47 Å². The van der Waals surface area contributed by atoms with Crippen molar-refractivity contribution in [3.8, 4) is 11.5 Å². The number of carbonyl (C=O) groups is 1. The Morgan fingerprint density at radius 2 is 1.88 bits per heavy atom. The molecular formula is C16H15BrN2O5. The second kappa shape index (κ2) is 7.78. The van der Waals surface area contributed by atoms with E-state index in [0.717, 1.165) is 5.56 Å². The average Bonchev–Trinajstić information content (AvgIpc) is 2.59. The first kappa shape index (κ1) is 17.7. The van der Waals surface area contributed by atoms with E-state index in [0.29, 0.717) is 16.0 Å². The van der Waals surface area contributed by atoms with Crippen LogP contribution >= 0.6 is 15.9 Å². The molecule has 0 aliphatic rings. The first-order chi connectivity index (χ1) is 11.5. The van der Waals surface area contributed by atoms with Crippen molar-refractivity contribution in [1.29, 1.82) is 0 Å². The molecule has 0 aromatic heterocycles. The lowest BCUT2D eigenvalue weighted by molar-refractivity contribution is -0.385. The van der Waals surface area contributed by atoms with Gasteiger partial charge in [0.15, 0.2) is 11.5 Å². The van der Waals surface area contributed by atoms with Gasteiger partial charge in [0.25, 0.3) is 11.6 Å². The Balaban J connectivity index is 2.11. The lowest BCUT2D eigenvalue weighted by Gasteiger charge is -2.10. The molecule has 0 bridgehead atoms. The zero-order valence-electron chi connectivity index (χ0n) is 13.0. The van der Waals surface area contributed by atoms with Crippen LogP contribution in [0.25, 0.3) is 0 Å². The van der Waals surface area contributed by atoms with Gasteiger partial charge in [0.2, 0.25) is 0 Å². The highest BCUT2D eigenvalue weighted by Crippen LogP contribution is 2.28. The summed E-state index contributed by atoms with van der Waals surface area (Å²) in [6.45, 7) is 0.253. The maximum absolute atomic E-state index is 12.2. The fourth-order valence-corrected chi connectivity index (χ4v) is 2.46. The van der Waals surface area contributed by atoms with Crippen molar-refractivity contribution >= 4 is 27.5 Å². The highest BCUT2D eigenvalue weighted by atomic mass is 79.9. The Morgan fingerprint density at radius 1 is 1.17 bits per heavy atom. The molecule has 0 heterocycles. The number of hydrogen-bond donors (Lipinski definition) is 1. The van der Waals surface area contributed by atoms with E-state index < -0.39 is 10.8 Å². The predicted octanol–water partition coefficient (Wildman–Crippen LogP) is 3.30. The Labute approximate surface area is 146 Å². The van der Waals surface area contributed by atoms with Crippen LogP contribution in [0.2, 0.25) is 0 Å². The van der Waals surface area contributed by atoms with Crippen molar-refractivity contribution < 1.29 is 19.2 Å². The molecule has 0 aliphatic heterocycles. The monoisotopic (exact) mass is 394 g/mol. The molecule has 0 unspecified atom stereocenters. The number of rotatable bonds is 6. The zero-order valence-corrected chi connectivity index (χ0v) is 14.6. The molecule has 0 aliphatic carbocycles. The van der Waals surface area contributed by atoms with E-state index in [1.165, 1.54) is 25.3 Å². The van der Waals surface area contributed by atoms with Gasteiger partial charge in [-0.15, -0.1) is 0 Å². The van der Waals surface area contributed by atoms with Gasteiger partial charge in [-0.3, -0.25) is 14.9 Å². The molecule has 2 rings (SSSR count). The summed E-state index contributed by atoms with van der Waals surface area (Å²) in [6, 6.07) is 9.51. The Morgan fingerprint density at radius 3 is 2.50 bits per heavy atom. The van der Waals surface area contributed by atoms with Crippen LogP contribution in [0.15, 0.2) is 40.9 Å². The summed E-state index contributed by atoms with van der Waals surface area (Å²) in [5, 5.41) is 13.6. The summed E-state index contributed by atoms with van der Waals surface area (Å²) in [6.07, 6.45) is 0. The first-order valence-electron chi connectivity index (χ1n) is 6.89. The van der Waals surface area contributed by atoms with Gasteiger partial charge in [0.1, 0.15) is 0 Å². The highest BCUT2D eigenvalue weighted by Gasteiger charge is 2.16. The van der Waals surface area contributed by atoms with Crippen LogP contribution < -0.4 is 14.8 Å². The zero-order chi connectivity index (χ0) is 17.7. The fourth-order valence-electron chi connectivity index (χ4n) is 2.07. The lowest BCUT2D eigenvalue weighted by Crippen LogP contribution is -2.22. The number of nitrogens with one attached hydrogen (secondary N) is 1. The molecule has 126 valence electrons. The maximum Gasteiger partial charge on any atom is 0.284 e. The number of nitro benzene ring substituents is 1. The number of amides is 1. The number of carbonyl (C=O) groups excluding carboxylic acids is 1. The lowest BCUT2D eigenvalue weighted by atomic mass is 10.1. The van der Waals surface area contributed by atoms with Crippen LogP contribution in [-0.4, -0.2) is 25.1 Å². The highest BCUT2D eigenvalue weighted by molar-refractivity contribution is 9.10. The third-order valence-electron chi connectivity index (χ3n) is 3.31. The van der Waals surface area contributed by atoms with Crippen molar-refractivity contribution in [3.63, 3.8) is 0 Å². The Bertz CT molecular complexity index is 779. The maximum atomic E-state index is 12.2. The molecule has 0 fully saturated rings. The summed E-state index contributed by atoms with van der Waals surface area (Å²) in [5.41, 5.74) is 0.867. The van der Waals surface area contributed by atoms with E-state index in [1.807, 2.05) is 0 Å². The second-order valence-corrected chi connectivity index (χ2v) is 5.65. The topological polar surface area (TPSA) is 90.7 Å². The van der Waals surface area contributed by atoms with E-state index in [9.17, 15) is 14.9 Å². The van der Waals surface area contributed by atoms with E-state index in [2.05, 4.69) is 21.2 Å². The molecule has 0 atom stereocenters. The normalized spacial score (nSPS) is 10.1. The number of nitrogens with zero attached hydrogens (tertiary/aromatic N) is 1. The summed E-state index contributed by atoms with van der Waals surface area (Å²) in [5.74, 6) is 0.750. The number of halogens is 1. The van der Waals surface area contributed by atoms with Crippen LogP contribution in [0.5, 0.6) is 11.5 Å². The molecular weight excluding hydrogens is 380 g/mol. The number of hydrogen-bond acceptors (Lipinski definition) is 5. The van der Waals surface area contributed by atoms with Crippen molar-refractivity contribution in [2.24, 2.45) is 0 Å². The van der Waals surface area contributed by atoms with Gasteiger partial charge in [-0.25, -0.2) is 0 Å². The minimum atomic E-state index is -0.546. The molecule has 8 heteroatoms. The fraction of sp³-hybridized carbons (Fsp3) is 0.188. The predicted molar refractivity (Wildman–Crippen MR) is 91.5 cm³/mol. The molecule has 7 nitrogen and oxygen atoms in total. The van der Waals surface area contributed by atoms with Gasteiger partial charge in [-0.05, 0) is 45.8 Å². The van der Waals surface area contributed by atoms with Crippen LogP contribution in [0, 0.1) is 10.1 Å². The van der Waals surface area contributed by atoms with Crippen LogP contribution in [0.1, 0.15) is 15.9 Å². The minimum Gasteiger partial charge on any atom is -0.493 e. The number of nitro groups is 1. The smallest absolute Gasteiger partial charge is 0.284 e. The summed E-state index contributed by atoms with van der Waals surface area (Å²) >= 11 is 3.09. The summed E-state index contributed by atoms with van der Waals surface area (Å²) in [4.78, 5) is 22.6. The number of benzene rings is 2. The van der Waals surface area contributed by atoms with Crippen molar-refractivity contribution in [1.82, 2.24) is 5.32 Å². The SMILES string of the molecule is COc1ccc(CNC(=O)c2ccc(Br)c([N+](=O)[O-])c2)cc1OC. The molecule has 1 N–H and O–H groups in total. The van der Waals surface area contributed by atoms with E-state index in [1.54, 1.807) is 25.3 Å².